The van der Waals surface area contributed by atoms with Gasteiger partial charge in [-0.15, -0.1) is 0 Å². The average Bonchev–Trinajstić information content (AvgIpc) is 3.17. The van der Waals surface area contributed by atoms with Crippen LogP contribution in [0, 0.1) is 0 Å². The molecule has 1 aliphatic heterocycles. The van der Waals surface area contributed by atoms with Crippen LogP contribution in [0.5, 0.6) is 0 Å². The molecule has 54 heavy (non-hydrogen) atoms. The minimum Gasteiger partial charge on any atom is -0.394 e. The quantitative estimate of drug-likeness (QED) is 0.0283. The second-order valence-corrected chi connectivity index (χ2v) is 15.0. The van der Waals surface area contributed by atoms with Crippen LogP contribution in [0.3, 0.4) is 0 Å². The van der Waals surface area contributed by atoms with Crippen LogP contribution in [-0.2, 0) is 14.3 Å². The van der Waals surface area contributed by atoms with Gasteiger partial charge in [-0.1, -0.05) is 127 Å². The van der Waals surface area contributed by atoms with Crippen LogP contribution in [0.15, 0.2) is 36.5 Å². The van der Waals surface area contributed by atoms with Crippen molar-refractivity contribution >= 4 is 5.91 Å². The summed E-state index contributed by atoms with van der Waals surface area (Å²) in [6, 6.07) is -1.19. The van der Waals surface area contributed by atoms with Crippen molar-refractivity contribution in [1.29, 1.82) is 0 Å². The van der Waals surface area contributed by atoms with E-state index in [-0.39, 0.29) is 12.8 Å². The summed E-state index contributed by atoms with van der Waals surface area (Å²) in [4.78, 5) is 13.0. The molecule has 0 saturated carbocycles. The molecule has 0 bridgehead atoms. The van der Waals surface area contributed by atoms with Gasteiger partial charge >= 0.3 is 0 Å². The van der Waals surface area contributed by atoms with Crippen LogP contribution < -0.4 is 5.32 Å². The molecule has 0 aromatic heterocycles. The van der Waals surface area contributed by atoms with Crippen molar-refractivity contribution < 1.29 is 50.0 Å². The van der Waals surface area contributed by atoms with Crippen LogP contribution in [0.4, 0.5) is 0 Å². The van der Waals surface area contributed by atoms with Crippen LogP contribution in [0.1, 0.15) is 162 Å². The number of unbranched alkanes of at least 4 members (excludes halogenated alkanes) is 16. The predicted molar refractivity (Wildman–Crippen MR) is 215 cm³/mol. The van der Waals surface area contributed by atoms with Gasteiger partial charge in [0.15, 0.2) is 6.29 Å². The Hall–Kier alpha value is -1.67. The maximum absolute atomic E-state index is 13.0. The number of allylic oxidation sites excluding steroid dienone is 6. The predicted octanol–water partition coefficient (Wildman–Crippen LogP) is 6.05. The second-order valence-electron chi connectivity index (χ2n) is 15.0. The fraction of sp³-hybridized carbons (Fsp3) is 0.837. The zero-order valence-electron chi connectivity index (χ0n) is 33.7. The standard InChI is InChI=1S/C43H79NO10/c1-3-5-7-9-11-13-15-16-17-18-19-21-23-25-27-29-31-36(47)42(52)44-34(33-53-43-41(51)40(50)39(49)37(32-45)54-43)38(48)35(46)30-28-26-24-22-20-14-12-10-8-6-4-2/h10,12,16-17,22,24,34-41,43,45-51H,3-9,11,13-15,18-21,23,25-33H2,1-2H3,(H,44,52)/b12-10+,17-16-,24-22+. The van der Waals surface area contributed by atoms with Gasteiger partial charge in [0, 0.05) is 0 Å². The number of aliphatic hydroxyl groups is 7. The number of carbonyl (C=O) groups is 1. The highest BCUT2D eigenvalue weighted by atomic mass is 16.7. The van der Waals surface area contributed by atoms with Gasteiger partial charge in [0.25, 0.3) is 0 Å². The van der Waals surface area contributed by atoms with Crippen molar-refractivity contribution in [2.75, 3.05) is 13.2 Å². The number of aliphatic hydroxyl groups excluding tert-OH is 7. The van der Waals surface area contributed by atoms with Crippen molar-refractivity contribution in [2.45, 2.75) is 217 Å². The average molecular weight is 770 g/mol. The number of hydrogen-bond donors (Lipinski definition) is 8. The Morgan fingerprint density at radius 1 is 0.630 bits per heavy atom. The zero-order chi connectivity index (χ0) is 39.8. The lowest BCUT2D eigenvalue weighted by Crippen LogP contribution is -2.60. The van der Waals surface area contributed by atoms with Gasteiger partial charge in [-0.3, -0.25) is 4.79 Å². The third-order valence-corrected chi connectivity index (χ3v) is 10.1. The highest BCUT2D eigenvalue weighted by Gasteiger charge is 2.44. The second kappa shape index (κ2) is 33.5. The van der Waals surface area contributed by atoms with Gasteiger partial charge in [-0.2, -0.15) is 0 Å². The molecule has 1 aliphatic rings. The van der Waals surface area contributed by atoms with Crippen molar-refractivity contribution in [3.05, 3.63) is 36.5 Å². The van der Waals surface area contributed by atoms with E-state index in [1.807, 2.05) is 6.08 Å². The maximum atomic E-state index is 13.0. The minimum atomic E-state index is -1.67. The highest BCUT2D eigenvalue weighted by molar-refractivity contribution is 5.80. The van der Waals surface area contributed by atoms with Gasteiger partial charge in [0.1, 0.15) is 36.6 Å². The summed E-state index contributed by atoms with van der Waals surface area (Å²) in [6.45, 7) is 3.33. The van der Waals surface area contributed by atoms with Crippen molar-refractivity contribution in [2.24, 2.45) is 0 Å². The third kappa shape index (κ3) is 23.4. The number of carbonyl (C=O) groups excluding carboxylic acids is 1. The molecule has 9 unspecified atom stereocenters. The summed E-state index contributed by atoms with van der Waals surface area (Å²) in [7, 11) is 0. The number of rotatable bonds is 34. The van der Waals surface area contributed by atoms with Crippen LogP contribution in [-0.4, -0.2) is 110 Å². The third-order valence-electron chi connectivity index (χ3n) is 10.1. The largest absolute Gasteiger partial charge is 0.394 e. The molecule has 8 N–H and O–H groups in total. The Morgan fingerprint density at radius 2 is 1.13 bits per heavy atom. The lowest BCUT2D eigenvalue weighted by atomic mass is 9.98. The van der Waals surface area contributed by atoms with Gasteiger partial charge in [-0.05, 0) is 70.6 Å². The topological polar surface area (TPSA) is 189 Å². The first-order valence-electron chi connectivity index (χ1n) is 21.4. The molecule has 1 fully saturated rings. The molecular formula is C43H79NO10. The van der Waals surface area contributed by atoms with E-state index in [2.05, 4.69) is 49.5 Å². The first-order valence-corrected chi connectivity index (χ1v) is 21.4. The van der Waals surface area contributed by atoms with Crippen molar-refractivity contribution in [3.8, 4) is 0 Å². The normalized spacial score (nSPS) is 23.0. The molecule has 0 aliphatic carbocycles. The summed E-state index contributed by atoms with van der Waals surface area (Å²) in [5, 5.41) is 75.3. The minimum absolute atomic E-state index is 0.243. The Kier molecular flexibility index (Phi) is 31.2. The van der Waals surface area contributed by atoms with E-state index in [1.54, 1.807) is 0 Å². The smallest absolute Gasteiger partial charge is 0.249 e. The molecular weight excluding hydrogens is 690 g/mol. The molecule has 316 valence electrons. The Bertz CT molecular complexity index is 976. The molecule has 1 amide bonds. The first kappa shape index (κ1) is 50.3. The van der Waals surface area contributed by atoms with Gasteiger partial charge in [0.2, 0.25) is 5.91 Å². The molecule has 1 heterocycles. The van der Waals surface area contributed by atoms with Crippen molar-refractivity contribution in [3.63, 3.8) is 0 Å². The lowest BCUT2D eigenvalue weighted by molar-refractivity contribution is -0.303. The maximum Gasteiger partial charge on any atom is 0.249 e. The molecule has 11 heteroatoms. The van der Waals surface area contributed by atoms with E-state index in [0.717, 1.165) is 57.8 Å². The zero-order valence-corrected chi connectivity index (χ0v) is 33.7. The lowest BCUT2D eigenvalue weighted by Gasteiger charge is -2.40. The van der Waals surface area contributed by atoms with E-state index in [1.165, 1.54) is 57.8 Å². The molecule has 1 rings (SSSR count). The number of nitrogens with one attached hydrogen (secondary N) is 1. The molecule has 1 saturated heterocycles. The molecule has 0 aromatic carbocycles. The highest BCUT2D eigenvalue weighted by Crippen LogP contribution is 2.23. The van der Waals surface area contributed by atoms with E-state index in [0.29, 0.717) is 19.3 Å². The fourth-order valence-corrected chi connectivity index (χ4v) is 6.49. The summed E-state index contributed by atoms with van der Waals surface area (Å²) in [6.07, 6.45) is 24.9. The first-order chi connectivity index (χ1) is 26.2. The van der Waals surface area contributed by atoms with E-state index in [4.69, 9.17) is 9.47 Å². The van der Waals surface area contributed by atoms with Gasteiger partial charge < -0.3 is 50.5 Å². The summed E-state index contributed by atoms with van der Waals surface area (Å²) in [5.41, 5.74) is 0. The Morgan fingerprint density at radius 3 is 1.70 bits per heavy atom. The molecule has 0 aromatic rings. The molecule has 0 radical (unpaired) electrons. The van der Waals surface area contributed by atoms with Crippen LogP contribution in [0.2, 0.25) is 0 Å². The summed E-state index contributed by atoms with van der Waals surface area (Å²) in [5.74, 6) is -0.719. The molecule has 11 nitrogen and oxygen atoms in total. The van der Waals surface area contributed by atoms with Crippen LogP contribution >= 0.6 is 0 Å². The van der Waals surface area contributed by atoms with E-state index in [9.17, 15) is 40.5 Å². The van der Waals surface area contributed by atoms with Gasteiger partial charge in [-0.25, -0.2) is 0 Å². The van der Waals surface area contributed by atoms with Crippen LogP contribution in [0.25, 0.3) is 0 Å². The molecule has 9 atom stereocenters. The number of ether oxygens (including phenoxy) is 2. The summed E-state index contributed by atoms with van der Waals surface area (Å²) >= 11 is 0. The molecule has 0 spiro atoms. The summed E-state index contributed by atoms with van der Waals surface area (Å²) < 4.78 is 11.0. The number of amides is 1. The van der Waals surface area contributed by atoms with Gasteiger partial charge in [0.05, 0.1) is 25.4 Å². The fourth-order valence-electron chi connectivity index (χ4n) is 6.49. The van der Waals surface area contributed by atoms with E-state index >= 15 is 0 Å². The Balaban J connectivity index is 2.52. The monoisotopic (exact) mass is 770 g/mol. The number of hydrogen-bond acceptors (Lipinski definition) is 10. The van der Waals surface area contributed by atoms with E-state index < -0.39 is 74.2 Å². The van der Waals surface area contributed by atoms with Crippen molar-refractivity contribution in [1.82, 2.24) is 5.32 Å². The Labute approximate surface area is 326 Å². The SMILES string of the molecule is CCCC/C=C/CC/C=C/CCCC(O)C(O)C(COC1OC(CO)C(O)C(O)C1O)NC(=O)C(O)CCCCCCCC/C=C\CCCCCCCC.